The number of esters is 2. The van der Waals surface area contributed by atoms with Crippen molar-refractivity contribution >= 4 is 28.8 Å². The first-order valence-electron chi connectivity index (χ1n) is 9.29. The summed E-state index contributed by atoms with van der Waals surface area (Å²) in [6.07, 6.45) is 1.44. The van der Waals surface area contributed by atoms with Crippen LogP contribution in [0.5, 0.6) is 5.75 Å². The van der Waals surface area contributed by atoms with Gasteiger partial charge in [-0.3, -0.25) is 0 Å². The summed E-state index contributed by atoms with van der Waals surface area (Å²) in [4.78, 5) is 24.4. The molecular formula is C24H20O5. The second-order valence-corrected chi connectivity index (χ2v) is 7.24. The van der Waals surface area contributed by atoms with Crippen LogP contribution in [0, 0.1) is 0 Å². The fourth-order valence-corrected chi connectivity index (χ4v) is 3.15. The van der Waals surface area contributed by atoms with Crippen molar-refractivity contribution in [2.75, 3.05) is 0 Å². The number of carbonyl (C=O) groups excluding carboxylic acids is 2. The molecule has 0 amide bonds. The summed E-state index contributed by atoms with van der Waals surface area (Å²) in [6.45, 7) is 3.38. The Morgan fingerprint density at radius 1 is 0.862 bits per heavy atom. The number of hydrogen-bond donors (Lipinski definition) is 0. The van der Waals surface area contributed by atoms with Crippen LogP contribution in [0.1, 0.15) is 25.0 Å². The van der Waals surface area contributed by atoms with E-state index in [0.717, 1.165) is 10.9 Å². The van der Waals surface area contributed by atoms with E-state index in [1.165, 1.54) is 25.3 Å². The van der Waals surface area contributed by atoms with Gasteiger partial charge in [-0.1, -0.05) is 54.6 Å². The number of para-hydroxylation sites is 1. The quantitative estimate of drug-likeness (QED) is 0.370. The molecule has 1 fully saturated rings. The predicted molar refractivity (Wildman–Crippen MR) is 109 cm³/mol. The number of hydrogen-bond acceptors (Lipinski definition) is 5. The highest BCUT2D eigenvalue weighted by Crippen LogP contribution is 2.28. The van der Waals surface area contributed by atoms with E-state index in [1.807, 2.05) is 24.3 Å². The maximum atomic E-state index is 12.2. The Morgan fingerprint density at radius 3 is 2.28 bits per heavy atom. The Labute approximate surface area is 168 Å². The molecular weight excluding hydrogens is 368 g/mol. The molecule has 3 aromatic carbocycles. The van der Waals surface area contributed by atoms with Crippen LogP contribution in [0.3, 0.4) is 0 Å². The van der Waals surface area contributed by atoms with Gasteiger partial charge in [0, 0.05) is 19.4 Å². The van der Waals surface area contributed by atoms with Gasteiger partial charge in [-0.15, -0.1) is 0 Å². The molecule has 1 aliphatic rings. The van der Waals surface area contributed by atoms with Crippen LogP contribution in [-0.4, -0.2) is 17.7 Å². The molecule has 0 radical (unpaired) electrons. The lowest BCUT2D eigenvalue weighted by Crippen LogP contribution is -2.41. The van der Waals surface area contributed by atoms with Crippen molar-refractivity contribution in [2.45, 2.75) is 26.2 Å². The average Bonchev–Trinajstić information content (AvgIpc) is 2.69. The fourth-order valence-electron chi connectivity index (χ4n) is 3.15. The Morgan fingerprint density at radius 2 is 1.52 bits per heavy atom. The van der Waals surface area contributed by atoms with Gasteiger partial charge in [0.1, 0.15) is 17.9 Å². The van der Waals surface area contributed by atoms with Gasteiger partial charge in [0.05, 0.1) is 0 Å². The molecule has 5 nitrogen and oxygen atoms in total. The highest BCUT2D eigenvalue weighted by atomic mass is 16.7. The monoisotopic (exact) mass is 388 g/mol. The van der Waals surface area contributed by atoms with Crippen molar-refractivity contribution in [1.29, 1.82) is 0 Å². The molecule has 146 valence electrons. The number of carbonyl (C=O) groups is 2. The Balaban J connectivity index is 1.57. The molecule has 0 aromatic heterocycles. The molecule has 1 saturated heterocycles. The predicted octanol–water partition coefficient (Wildman–Crippen LogP) is 4.64. The summed E-state index contributed by atoms with van der Waals surface area (Å²) in [5.74, 6) is -2.14. The van der Waals surface area contributed by atoms with Crippen LogP contribution in [0.25, 0.3) is 16.8 Å². The summed E-state index contributed by atoms with van der Waals surface area (Å²) >= 11 is 0. The lowest BCUT2D eigenvalue weighted by molar-refractivity contribution is -0.222. The maximum absolute atomic E-state index is 12.2. The van der Waals surface area contributed by atoms with Gasteiger partial charge >= 0.3 is 11.9 Å². The molecule has 0 spiro atoms. The van der Waals surface area contributed by atoms with E-state index in [0.29, 0.717) is 17.9 Å². The zero-order valence-electron chi connectivity index (χ0n) is 16.2. The largest absolute Gasteiger partial charge is 0.488 e. The molecule has 5 heteroatoms. The number of rotatable bonds is 4. The number of fused-ring (bicyclic) bond motifs is 1. The first-order chi connectivity index (χ1) is 13.9. The van der Waals surface area contributed by atoms with Crippen molar-refractivity contribution in [2.24, 2.45) is 0 Å². The van der Waals surface area contributed by atoms with Crippen LogP contribution < -0.4 is 4.74 Å². The summed E-state index contributed by atoms with van der Waals surface area (Å²) in [7, 11) is 0. The topological polar surface area (TPSA) is 61.8 Å². The van der Waals surface area contributed by atoms with Crippen molar-refractivity contribution in [3.05, 3.63) is 83.4 Å². The standard InChI is InChI=1S/C24H20O5/c1-24(2)28-22(25)20(23(26)29-24)14-19-9-5-6-10-21(19)27-15-16-11-12-17-7-3-4-8-18(17)13-16/h3-14H,15H2,1-2H3. The van der Waals surface area contributed by atoms with Crippen molar-refractivity contribution < 1.29 is 23.8 Å². The molecule has 4 rings (SSSR count). The lowest BCUT2D eigenvalue weighted by atomic mass is 10.1. The smallest absolute Gasteiger partial charge is 0.348 e. The number of ether oxygens (including phenoxy) is 3. The maximum Gasteiger partial charge on any atom is 0.348 e. The molecule has 0 N–H and O–H groups in total. The summed E-state index contributed by atoms with van der Waals surface area (Å²) in [5.41, 5.74) is 1.45. The summed E-state index contributed by atoms with van der Waals surface area (Å²) in [6, 6.07) is 21.5. The minimum Gasteiger partial charge on any atom is -0.488 e. The van der Waals surface area contributed by atoms with E-state index in [1.54, 1.807) is 18.2 Å². The second kappa shape index (κ2) is 7.43. The molecule has 1 aliphatic heterocycles. The second-order valence-electron chi connectivity index (χ2n) is 7.24. The SMILES string of the molecule is CC1(C)OC(=O)C(=Cc2ccccc2OCc2ccc3ccccc3c2)C(=O)O1. The molecule has 0 atom stereocenters. The molecule has 29 heavy (non-hydrogen) atoms. The van der Waals surface area contributed by atoms with Crippen LogP contribution in [0.2, 0.25) is 0 Å². The molecule has 0 unspecified atom stereocenters. The fraction of sp³-hybridized carbons (Fsp3) is 0.167. The number of cyclic esters (lactones) is 2. The van der Waals surface area contributed by atoms with E-state index in [4.69, 9.17) is 14.2 Å². The summed E-state index contributed by atoms with van der Waals surface area (Å²) in [5, 5.41) is 2.30. The normalized spacial score (nSPS) is 15.6. The number of benzene rings is 3. The minimum atomic E-state index is -1.27. The van der Waals surface area contributed by atoms with Crippen LogP contribution in [-0.2, 0) is 25.7 Å². The van der Waals surface area contributed by atoms with Crippen molar-refractivity contribution in [3.63, 3.8) is 0 Å². The zero-order valence-corrected chi connectivity index (χ0v) is 16.2. The van der Waals surface area contributed by atoms with Crippen LogP contribution >= 0.6 is 0 Å². The van der Waals surface area contributed by atoms with Gasteiger partial charge < -0.3 is 14.2 Å². The Kier molecular flexibility index (Phi) is 4.80. The molecule has 3 aromatic rings. The van der Waals surface area contributed by atoms with Gasteiger partial charge in [-0.05, 0) is 34.5 Å². The highest BCUT2D eigenvalue weighted by Gasteiger charge is 2.38. The van der Waals surface area contributed by atoms with E-state index >= 15 is 0 Å². The van der Waals surface area contributed by atoms with Crippen molar-refractivity contribution in [1.82, 2.24) is 0 Å². The van der Waals surface area contributed by atoms with E-state index in [2.05, 4.69) is 24.3 Å². The first kappa shape index (κ1) is 18.7. The van der Waals surface area contributed by atoms with Crippen LogP contribution in [0.15, 0.2) is 72.3 Å². The van der Waals surface area contributed by atoms with Crippen molar-refractivity contribution in [3.8, 4) is 5.75 Å². The Hall–Kier alpha value is -3.60. The van der Waals surface area contributed by atoms with Gasteiger partial charge in [0.15, 0.2) is 0 Å². The highest BCUT2D eigenvalue weighted by molar-refractivity contribution is 6.19. The lowest BCUT2D eigenvalue weighted by Gasteiger charge is -2.29. The third-order valence-electron chi connectivity index (χ3n) is 4.54. The molecule has 0 aliphatic carbocycles. The van der Waals surface area contributed by atoms with E-state index in [9.17, 15) is 9.59 Å². The van der Waals surface area contributed by atoms with E-state index < -0.39 is 17.7 Å². The van der Waals surface area contributed by atoms with Gasteiger partial charge in [-0.2, -0.15) is 0 Å². The third kappa shape index (κ3) is 4.14. The van der Waals surface area contributed by atoms with Gasteiger partial charge in [0.2, 0.25) is 0 Å². The van der Waals surface area contributed by atoms with E-state index in [-0.39, 0.29) is 5.57 Å². The first-order valence-corrected chi connectivity index (χ1v) is 9.29. The average molecular weight is 388 g/mol. The van der Waals surface area contributed by atoms with Gasteiger partial charge in [-0.25, -0.2) is 9.59 Å². The minimum absolute atomic E-state index is 0.161. The molecule has 0 saturated carbocycles. The summed E-state index contributed by atoms with van der Waals surface area (Å²) < 4.78 is 16.3. The van der Waals surface area contributed by atoms with Gasteiger partial charge in [0.25, 0.3) is 5.79 Å². The molecule has 0 bridgehead atoms. The van der Waals surface area contributed by atoms with Crippen LogP contribution in [0.4, 0.5) is 0 Å². The zero-order chi connectivity index (χ0) is 20.4. The molecule has 1 heterocycles. The Bertz CT molecular complexity index is 1100. The third-order valence-corrected chi connectivity index (χ3v) is 4.54.